The van der Waals surface area contributed by atoms with Crippen molar-refractivity contribution in [2.24, 2.45) is 5.92 Å². The Labute approximate surface area is 122 Å². The van der Waals surface area contributed by atoms with Gasteiger partial charge in [-0.3, -0.25) is 4.79 Å². The number of fused-ring (bicyclic) bond motifs is 1. The van der Waals surface area contributed by atoms with Crippen LogP contribution in [0.25, 0.3) is 10.9 Å². The third-order valence-electron chi connectivity index (χ3n) is 2.86. The smallest absolute Gasteiger partial charge is 0.310 e. The highest BCUT2D eigenvalue weighted by Gasteiger charge is 2.14. The number of halogens is 1. The first-order valence-electron chi connectivity index (χ1n) is 6.42. The van der Waals surface area contributed by atoms with E-state index in [1.807, 2.05) is 13.0 Å². The number of benzene rings is 1. The van der Waals surface area contributed by atoms with E-state index in [9.17, 15) is 4.79 Å². The molecule has 1 atom stereocenters. The first-order valence-corrected chi connectivity index (χ1v) is 6.80. The van der Waals surface area contributed by atoms with Crippen LogP contribution in [0.3, 0.4) is 0 Å². The van der Waals surface area contributed by atoms with Crippen LogP contribution in [0.15, 0.2) is 24.5 Å². The lowest BCUT2D eigenvalue weighted by atomic mass is 10.2. The number of hydrogen-bond donors (Lipinski definition) is 1. The Morgan fingerprint density at radius 1 is 1.45 bits per heavy atom. The second-order valence-corrected chi connectivity index (χ2v) is 4.85. The summed E-state index contributed by atoms with van der Waals surface area (Å²) in [5.41, 5.74) is 0.763. The normalized spacial score (nSPS) is 12.2. The van der Waals surface area contributed by atoms with Gasteiger partial charge in [0.2, 0.25) is 0 Å². The molecule has 0 bridgehead atoms. The minimum absolute atomic E-state index is 0.221. The van der Waals surface area contributed by atoms with Crippen molar-refractivity contribution >= 4 is 34.3 Å². The topological polar surface area (TPSA) is 64.1 Å². The van der Waals surface area contributed by atoms with Crippen LogP contribution in [0.2, 0.25) is 5.02 Å². The first-order chi connectivity index (χ1) is 9.61. The fraction of sp³-hybridized carbons (Fsp3) is 0.357. The predicted octanol–water partition coefficient (Wildman–Crippen LogP) is 2.89. The summed E-state index contributed by atoms with van der Waals surface area (Å²) in [5, 5.41) is 4.65. The lowest BCUT2D eigenvalue weighted by Gasteiger charge is -2.13. The molecule has 0 aliphatic carbocycles. The average molecular weight is 294 g/mol. The van der Waals surface area contributed by atoms with E-state index in [2.05, 4.69) is 15.3 Å². The monoisotopic (exact) mass is 293 g/mol. The Hall–Kier alpha value is -1.88. The van der Waals surface area contributed by atoms with E-state index in [4.69, 9.17) is 16.3 Å². The first kappa shape index (κ1) is 14.5. The number of carbonyl (C=O) groups excluding carboxylic acids is 1. The zero-order valence-electron chi connectivity index (χ0n) is 11.4. The van der Waals surface area contributed by atoms with Crippen molar-refractivity contribution in [2.45, 2.75) is 13.8 Å². The third kappa shape index (κ3) is 3.36. The van der Waals surface area contributed by atoms with Crippen LogP contribution in [0.1, 0.15) is 13.8 Å². The van der Waals surface area contributed by atoms with Crippen molar-refractivity contribution in [1.29, 1.82) is 0 Å². The third-order valence-corrected chi connectivity index (χ3v) is 3.10. The quantitative estimate of drug-likeness (QED) is 0.859. The Morgan fingerprint density at radius 3 is 3.00 bits per heavy atom. The molecule has 1 aromatic carbocycles. The molecule has 1 heterocycles. The molecule has 0 saturated heterocycles. The van der Waals surface area contributed by atoms with Gasteiger partial charge in [0.05, 0.1) is 18.0 Å². The van der Waals surface area contributed by atoms with E-state index in [1.165, 1.54) is 6.33 Å². The van der Waals surface area contributed by atoms with Crippen LogP contribution in [-0.2, 0) is 9.53 Å². The number of nitrogens with zero attached hydrogens (tertiary/aromatic N) is 2. The van der Waals surface area contributed by atoms with Crippen LogP contribution in [0.4, 0.5) is 5.82 Å². The Balaban J connectivity index is 2.12. The highest BCUT2D eigenvalue weighted by molar-refractivity contribution is 6.31. The molecule has 0 amide bonds. The van der Waals surface area contributed by atoms with Gasteiger partial charge in [-0.25, -0.2) is 9.97 Å². The van der Waals surface area contributed by atoms with Gasteiger partial charge >= 0.3 is 5.97 Å². The van der Waals surface area contributed by atoms with E-state index >= 15 is 0 Å². The van der Waals surface area contributed by atoms with Crippen molar-refractivity contribution in [3.05, 3.63) is 29.5 Å². The molecule has 0 aliphatic heterocycles. The average Bonchev–Trinajstić information content (AvgIpc) is 2.44. The Bertz CT molecular complexity index is 618. The van der Waals surface area contributed by atoms with Gasteiger partial charge in [-0.05, 0) is 25.1 Å². The number of nitrogens with one attached hydrogen (secondary N) is 1. The number of esters is 1. The van der Waals surface area contributed by atoms with E-state index in [-0.39, 0.29) is 11.9 Å². The summed E-state index contributed by atoms with van der Waals surface area (Å²) in [4.78, 5) is 19.9. The molecule has 0 radical (unpaired) electrons. The highest BCUT2D eigenvalue weighted by Crippen LogP contribution is 2.22. The predicted molar refractivity (Wildman–Crippen MR) is 78.8 cm³/mol. The second-order valence-electron chi connectivity index (χ2n) is 4.42. The lowest BCUT2D eigenvalue weighted by Crippen LogP contribution is -2.23. The van der Waals surface area contributed by atoms with Crippen molar-refractivity contribution in [2.75, 3.05) is 18.5 Å². The number of aromatic nitrogens is 2. The molecule has 0 saturated carbocycles. The standard InChI is InChI=1S/C14H16ClN3O2/c1-3-20-14(19)9(2)7-16-13-11-5-4-10(15)6-12(11)17-8-18-13/h4-6,8-9H,3,7H2,1-2H3,(H,16,17,18)/t9-/m1/s1. The summed E-state index contributed by atoms with van der Waals surface area (Å²) in [5.74, 6) is 0.219. The largest absolute Gasteiger partial charge is 0.466 e. The second kappa shape index (κ2) is 6.52. The maximum absolute atomic E-state index is 11.6. The van der Waals surface area contributed by atoms with Crippen molar-refractivity contribution in [3.8, 4) is 0 Å². The van der Waals surface area contributed by atoms with Crippen LogP contribution in [0, 0.1) is 5.92 Å². The van der Waals surface area contributed by atoms with Gasteiger partial charge in [0.1, 0.15) is 12.1 Å². The Kier molecular flexibility index (Phi) is 4.74. The fourth-order valence-electron chi connectivity index (χ4n) is 1.79. The number of ether oxygens (including phenoxy) is 1. The zero-order valence-corrected chi connectivity index (χ0v) is 12.1. The summed E-state index contributed by atoms with van der Waals surface area (Å²) in [6, 6.07) is 5.42. The van der Waals surface area contributed by atoms with Gasteiger partial charge in [0.25, 0.3) is 0 Å². The van der Waals surface area contributed by atoms with Gasteiger partial charge in [-0.15, -0.1) is 0 Å². The van der Waals surface area contributed by atoms with Gasteiger partial charge in [-0.2, -0.15) is 0 Å². The maximum Gasteiger partial charge on any atom is 0.310 e. The minimum atomic E-state index is -0.243. The molecule has 2 aromatic rings. The van der Waals surface area contributed by atoms with Crippen LogP contribution in [0.5, 0.6) is 0 Å². The number of rotatable bonds is 5. The van der Waals surface area contributed by atoms with Gasteiger partial charge in [0.15, 0.2) is 0 Å². The number of carbonyl (C=O) groups is 1. The molecular formula is C14H16ClN3O2. The van der Waals surface area contributed by atoms with Gasteiger partial charge in [-0.1, -0.05) is 18.5 Å². The summed E-state index contributed by atoms with van der Waals surface area (Å²) in [7, 11) is 0. The molecule has 0 spiro atoms. The molecule has 106 valence electrons. The van der Waals surface area contributed by atoms with Crippen LogP contribution in [-0.4, -0.2) is 29.1 Å². The highest BCUT2D eigenvalue weighted by atomic mass is 35.5. The zero-order chi connectivity index (χ0) is 14.5. The van der Waals surface area contributed by atoms with Crippen LogP contribution < -0.4 is 5.32 Å². The van der Waals surface area contributed by atoms with Crippen molar-refractivity contribution in [3.63, 3.8) is 0 Å². The van der Waals surface area contributed by atoms with E-state index in [0.717, 1.165) is 10.9 Å². The number of anilines is 1. The van der Waals surface area contributed by atoms with E-state index < -0.39 is 0 Å². The lowest BCUT2D eigenvalue weighted by molar-refractivity contribution is -0.146. The summed E-state index contributed by atoms with van der Waals surface area (Å²) >= 11 is 5.93. The number of hydrogen-bond acceptors (Lipinski definition) is 5. The molecule has 5 nitrogen and oxygen atoms in total. The Morgan fingerprint density at radius 2 is 2.25 bits per heavy atom. The molecule has 1 aromatic heterocycles. The molecule has 0 aliphatic rings. The summed E-state index contributed by atoms with van der Waals surface area (Å²) in [6.07, 6.45) is 1.47. The molecule has 6 heteroatoms. The van der Waals surface area contributed by atoms with Gasteiger partial charge < -0.3 is 10.1 Å². The molecule has 0 unspecified atom stereocenters. The summed E-state index contributed by atoms with van der Waals surface area (Å²) < 4.78 is 4.97. The molecule has 1 N–H and O–H groups in total. The summed E-state index contributed by atoms with van der Waals surface area (Å²) in [6.45, 7) is 4.44. The molecule has 20 heavy (non-hydrogen) atoms. The van der Waals surface area contributed by atoms with Gasteiger partial charge in [0, 0.05) is 17.0 Å². The fourth-order valence-corrected chi connectivity index (χ4v) is 1.96. The molecule has 0 fully saturated rings. The van der Waals surface area contributed by atoms with E-state index in [1.54, 1.807) is 19.1 Å². The minimum Gasteiger partial charge on any atom is -0.466 e. The maximum atomic E-state index is 11.6. The van der Waals surface area contributed by atoms with Crippen molar-refractivity contribution in [1.82, 2.24) is 9.97 Å². The molecule has 2 rings (SSSR count). The van der Waals surface area contributed by atoms with E-state index in [0.29, 0.717) is 24.0 Å². The van der Waals surface area contributed by atoms with Crippen molar-refractivity contribution < 1.29 is 9.53 Å². The molecular weight excluding hydrogens is 278 g/mol. The SMILES string of the molecule is CCOC(=O)[C@H](C)CNc1ncnc2cc(Cl)ccc12. The van der Waals surface area contributed by atoms with Crippen LogP contribution >= 0.6 is 11.6 Å².